The minimum atomic E-state index is -0.0764. The van der Waals surface area contributed by atoms with E-state index in [1.165, 1.54) is 55.3 Å². The van der Waals surface area contributed by atoms with Crippen molar-refractivity contribution in [3.8, 4) is 33.4 Å². The summed E-state index contributed by atoms with van der Waals surface area (Å²) < 4.78 is 0. The molecule has 0 spiro atoms. The van der Waals surface area contributed by atoms with Crippen LogP contribution in [0, 0.1) is 0 Å². The first-order chi connectivity index (χ1) is 21.6. The second kappa shape index (κ2) is 10.4. The van der Waals surface area contributed by atoms with Crippen molar-refractivity contribution in [1.82, 2.24) is 0 Å². The molecule has 0 heterocycles. The molecule has 210 valence electrons. The summed E-state index contributed by atoms with van der Waals surface area (Å²) in [4.78, 5) is 2.38. The summed E-state index contributed by atoms with van der Waals surface area (Å²) >= 11 is 0. The summed E-state index contributed by atoms with van der Waals surface area (Å²) in [6, 6.07) is 59.5. The molecule has 1 aliphatic rings. The molecule has 0 N–H and O–H groups in total. The van der Waals surface area contributed by atoms with E-state index in [4.69, 9.17) is 0 Å². The zero-order valence-electron chi connectivity index (χ0n) is 25.0. The smallest absolute Gasteiger partial charge is 0.0540 e. The van der Waals surface area contributed by atoms with E-state index < -0.39 is 0 Å². The Bertz CT molecular complexity index is 2140. The molecule has 0 saturated carbocycles. The Labute approximate surface area is 259 Å². The van der Waals surface area contributed by atoms with Crippen molar-refractivity contribution in [2.75, 3.05) is 4.90 Å². The number of benzene rings is 7. The van der Waals surface area contributed by atoms with Gasteiger partial charge in [-0.15, -0.1) is 0 Å². The first kappa shape index (κ1) is 26.2. The van der Waals surface area contributed by atoms with E-state index in [9.17, 15) is 0 Å². The van der Waals surface area contributed by atoms with Gasteiger partial charge in [-0.05, 0) is 86.1 Å². The fraction of sp³-hybridized carbons (Fsp3) is 0.0698. The van der Waals surface area contributed by atoms with Crippen molar-refractivity contribution >= 4 is 27.8 Å². The van der Waals surface area contributed by atoms with E-state index in [-0.39, 0.29) is 5.41 Å². The molecule has 0 radical (unpaired) electrons. The van der Waals surface area contributed by atoms with Crippen LogP contribution in [0.25, 0.3) is 44.2 Å². The van der Waals surface area contributed by atoms with Crippen LogP contribution in [-0.4, -0.2) is 0 Å². The van der Waals surface area contributed by atoms with E-state index in [2.05, 4.69) is 183 Å². The molecule has 7 aromatic rings. The Balaban J connectivity index is 1.27. The fourth-order valence-corrected chi connectivity index (χ4v) is 7.05. The molecule has 0 bridgehead atoms. The summed E-state index contributed by atoms with van der Waals surface area (Å²) in [6.45, 7) is 4.73. The molecule has 0 amide bonds. The lowest BCUT2D eigenvalue weighted by Crippen LogP contribution is -2.15. The Morgan fingerprint density at radius 1 is 0.432 bits per heavy atom. The Kier molecular flexibility index (Phi) is 6.20. The van der Waals surface area contributed by atoms with Crippen LogP contribution in [0.3, 0.4) is 0 Å². The first-order valence-corrected chi connectivity index (χ1v) is 15.4. The molecular weight excluding hydrogens is 530 g/mol. The Hall–Kier alpha value is -5.40. The van der Waals surface area contributed by atoms with Gasteiger partial charge in [-0.25, -0.2) is 0 Å². The average molecular weight is 564 g/mol. The van der Waals surface area contributed by atoms with E-state index in [1.54, 1.807) is 0 Å². The van der Waals surface area contributed by atoms with Gasteiger partial charge in [0.1, 0.15) is 0 Å². The SMILES string of the molecule is CC1(C)c2cc(-c3cccc(N(c4ccccc4)c4ccccc4-c4ccccc4)c3)ccc2-c2c1ccc1ccccc21. The molecule has 8 rings (SSSR count). The van der Waals surface area contributed by atoms with Crippen LogP contribution >= 0.6 is 0 Å². The summed E-state index contributed by atoms with van der Waals surface area (Å²) in [6.07, 6.45) is 0. The van der Waals surface area contributed by atoms with E-state index in [0.29, 0.717) is 0 Å². The molecule has 1 aliphatic carbocycles. The van der Waals surface area contributed by atoms with Crippen molar-refractivity contribution in [1.29, 1.82) is 0 Å². The van der Waals surface area contributed by atoms with Crippen LogP contribution < -0.4 is 4.90 Å². The van der Waals surface area contributed by atoms with Gasteiger partial charge in [0.15, 0.2) is 0 Å². The Morgan fingerprint density at radius 3 is 1.93 bits per heavy atom. The molecule has 1 nitrogen and oxygen atoms in total. The van der Waals surface area contributed by atoms with Crippen molar-refractivity contribution in [2.45, 2.75) is 19.3 Å². The van der Waals surface area contributed by atoms with Gasteiger partial charge >= 0.3 is 0 Å². The minimum absolute atomic E-state index is 0.0764. The van der Waals surface area contributed by atoms with Crippen LogP contribution in [-0.2, 0) is 5.41 Å². The molecule has 1 heteroatoms. The lowest BCUT2D eigenvalue weighted by atomic mass is 9.81. The molecule has 0 unspecified atom stereocenters. The monoisotopic (exact) mass is 563 g/mol. The van der Waals surface area contributed by atoms with Gasteiger partial charge in [-0.2, -0.15) is 0 Å². The van der Waals surface area contributed by atoms with Crippen LogP contribution in [0.1, 0.15) is 25.0 Å². The number of hydrogen-bond acceptors (Lipinski definition) is 1. The largest absolute Gasteiger partial charge is 0.310 e. The van der Waals surface area contributed by atoms with E-state index in [1.807, 2.05) is 0 Å². The third-order valence-electron chi connectivity index (χ3n) is 9.25. The molecule has 0 fully saturated rings. The molecule has 0 aromatic heterocycles. The number of hydrogen-bond donors (Lipinski definition) is 0. The molecule has 44 heavy (non-hydrogen) atoms. The maximum absolute atomic E-state index is 2.42. The maximum atomic E-state index is 2.42. The lowest BCUT2D eigenvalue weighted by molar-refractivity contribution is 0.661. The van der Waals surface area contributed by atoms with Crippen molar-refractivity contribution in [3.63, 3.8) is 0 Å². The third kappa shape index (κ3) is 4.24. The summed E-state index contributed by atoms with van der Waals surface area (Å²) in [5.41, 5.74) is 13.7. The van der Waals surface area contributed by atoms with Crippen molar-refractivity contribution in [2.24, 2.45) is 0 Å². The number of para-hydroxylation sites is 2. The predicted octanol–water partition coefficient (Wildman–Crippen LogP) is 11.9. The fourth-order valence-electron chi connectivity index (χ4n) is 7.05. The van der Waals surface area contributed by atoms with Gasteiger partial charge in [0.2, 0.25) is 0 Å². The number of anilines is 3. The summed E-state index contributed by atoms with van der Waals surface area (Å²) in [7, 11) is 0. The number of fused-ring (bicyclic) bond motifs is 5. The lowest BCUT2D eigenvalue weighted by Gasteiger charge is -2.28. The quantitative estimate of drug-likeness (QED) is 0.201. The van der Waals surface area contributed by atoms with E-state index in [0.717, 1.165) is 17.1 Å². The third-order valence-corrected chi connectivity index (χ3v) is 9.25. The summed E-state index contributed by atoms with van der Waals surface area (Å²) in [5.74, 6) is 0. The number of rotatable bonds is 5. The minimum Gasteiger partial charge on any atom is -0.310 e. The molecule has 7 aromatic carbocycles. The predicted molar refractivity (Wildman–Crippen MR) is 187 cm³/mol. The number of nitrogens with zero attached hydrogens (tertiary/aromatic N) is 1. The highest BCUT2D eigenvalue weighted by molar-refractivity contribution is 6.03. The van der Waals surface area contributed by atoms with Gasteiger partial charge in [-0.1, -0.05) is 141 Å². The normalized spacial score (nSPS) is 13.0. The highest BCUT2D eigenvalue weighted by atomic mass is 15.1. The molecule has 0 atom stereocenters. The van der Waals surface area contributed by atoms with Crippen LogP contribution in [0.2, 0.25) is 0 Å². The topological polar surface area (TPSA) is 3.24 Å². The van der Waals surface area contributed by atoms with Crippen LogP contribution in [0.4, 0.5) is 17.1 Å². The van der Waals surface area contributed by atoms with Crippen LogP contribution in [0.5, 0.6) is 0 Å². The van der Waals surface area contributed by atoms with Gasteiger partial charge < -0.3 is 4.90 Å². The van der Waals surface area contributed by atoms with Crippen molar-refractivity contribution < 1.29 is 0 Å². The van der Waals surface area contributed by atoms with Crippen LogP contribution in [0.15, 0.2) is 164 Å². The standard InChI is InChI=1S/C43H33N/c1-43(2)39-27-25-31-16-9-10-22-37(31)42(39)38-26-24-33(29-40(38)43)32-17-13-20-35(28-32)44(34-18-7-4-8-19-34)41-23-12-11-21-36(41)30-14-5-3-6-15-30/h3-29H,1-2H3. The first-order valence-electron chi connectivity index (χ1n) is 15.4. The molecule has 0 saturated heterocycles. The van der Waals surface area contributed by atoms with Gasteiger partial charge in [-0.3, -0.25) is 0 Å². The second-order valence-electron chi connectivity index (χ2n) is 12.2. The highest BCUT2D eigenvalue weighted by Crippen LogP contribution is 2.52. The average Bonchev–Trinajstić information content (AvgIpc) is 3.32. The van der Waals surface area contributed by atoms with E-state index >= 15 is 0 Å². The summed E-state index contributed by atoms with van der Waals surface area (Å²) in [5, 5.41) is 2.63. The second-order valence-corrected chi connectivity index (χ2v) is 12.2. The van der Waals surface area contributed by atoms with Crippen molar-refractivity contribution in [3.05, 3.63) is 175 Å². The molecule has 0 aliphatic heterocycles. The Morgan fingerprint density at radius 2 is 1.09 bits per heavy atom. The zero-order valence-corrected chi connectivity index (χ0v) is 25.0. The van der Waals surface area contributed by atoms with Gasteiger partial charge in [0, 0.05) is 22.4 Å². The maximum Gasteiger partial charge on any atom is 0.0540 e. The van der Waals surface area contributed by atoms with Gasteiger partial charge in [0.25, 0.3) is 0 Å². The van der Waals surface area contributed by atoms with Gasteiger partial charge in [0.05, 0.1) is 5.69 Å². The zero-order chi connectivity index (χ0) is 29.7. The molecular formula is C43H33N. The highest BCUT2D eigenvalue weighted by Gasteiger charge is 2.36.